The van der Waals surface area contributed by atoms with Crippen LogP contribution >= 0.6 is 15.9 Å². The maximum Gasteiger partial charge on any atom is 0.251 e. The van der Waals surface area contributed by atoms with Gasteiger partial charge in [0.1, 0.15) is 0 Å². The molecule has 0 aliphatic carbocycles. The van der Waals surface area contributed by atoms with Crippen LogP contribution < -0.4 is 5.32 Å². The van der Waals surface area contributed by atoms with Crippen LogP contribution in [0.3, 0.4) is 0 Å². The van der Waals surface area contributed by atoms with Gasteiger partial charge in [-0.1, -0.05) is 46.3 Å². The number of nitrogens with one attached hydrogen (secondary N) is 1. The number of aliphatic hydroxyl groups excluding tert-OH is 1. The molecule has 2 N–H and O–H groups in total. The third-order valence-electron chi connectivity index (χ3n) is 2.99. The lowest BCUT2D eigenvalue weighted by molar-refractivity contribution is 0.0916. The number of hydrogen-bond acceptors (Lipinski definition) is 2. The zero-order valence-corrected chi connectivity index (χ0v) is 12.7. The fourth-order valence-electron chi connectivity index (χ4n) is 2.03. The minimum absolute atomic E-state index is 0.136. The van der Waals surface area contributed by atoms with Crippen molar-refractivity contribution in [2.45, 2.75) is 13.0 Å². The van der Waals surface area contributed by atoms with E-state index < -0.39 is 6.04 Å². The zero-order chi connectivity index (χ0) is 14.5. The topological polar surface area (TPSA) is 49.3 Å². The number of aryl methyl sites for hydroxylation is 1. The molecule has 0 unspecified atom stereocenters. The van der Waals surface area contributed by atoms with Crippen molar-refractivity contribution in [3.63, 3.8) is 0 Å². The molecule has 20 heavy (non-hydrogen) atoms. The fraction of sp³-hybridized carbons (Fsp3) is 0.188. The van der Waals surface area contributed by atoms with Gasteiger partial charge in [-0.2, -0.15) is 0 Å². The Kier molecular flexibility index (Phi) is 4.93. The summed E-state index contributed by atoms with van der Waals surface area (Å²) in [7, 11) is 0. The third-order valence-corrected chi connectivity index (χ3v) is 3.45. The highest BCUT2D eigenvalue weighted by atomic mass is 79.9. The maximum absolute atomic E-state index is 12.2. The number of carbonyl (C=O) groups is 1. The van der Waals surface area contributed by atoms with Gasteiger partial charge in [0, 0.05) is 10.0 Å². The molecule has 3 nitrogen and oxygen atoms in total. The monoisotopic (exact) mass is 333 g/mol. The first-order valence-corrected chi connectivity index (χ1v) is 7.13. The minimum Gasteiger partial charge on any atom is -0.394 e. The van der Waals surface area contributed by atoms with Crippen molar-refractivity contribution in [1.82, 2.24) is 5.32 Å². The summed E-state index contributed by atoms with van der Waals surface area (Å²) in [4.78, 5) is 12.2. The Morgan fingerprint density at radius 2 is 1.95 bits per heavy atom. The van der Waals surface area contributed by atoms with Gasteiger partial charge in [0.05, 0.1) is 12.6 Å². The molecule has 2 aromatic rings. The number of carbonyl (C=O) groups excluding carboxylic acids is 1. The molecule has 0 fully saturated rings. The van der Waals surface area contributed by atoms with E-state index in [1.807, 2.05) is 49.4 Å². The van der Waals surface area contributed by atoms with Crippen LogP contribution in [0.5, 0.6) is 0 Å². The standard InChI is InChI=1S/C16H16BrNO2/c1-11-7-13(9-14(17)8-11)16(20)18-15(10-19)12-5-3-2-4-6-12/h2-9,15,19H,10H2,1H3,(H,18,20)/t15-/m1/s1. The van der Waals surface area contributed by atoms with Gasteiger partial charge in [0.2, 0.25) is 0 Å². The Morgan fingerprint density at radius 3 is 2.55 bits per heavy atom. The molecule has 4 heteroatoms. The van der Waals surface area contributed by atoms with E-state index >= 15 is 0 Å². The molecule has 0 spiro atoms. The first-order chi connectivity index (χ1) is 9.60. The van der Waals surface area contributed by atoms with Gasteiger partial charge in [-0.3, -0.25) is 4.79 Å². The van der Waals surface area contributed by atoms with Crippen LogP contribution in [-0.4, -0.2) is 17.6 Å². The molecule has 104 valence electrons. The van der Waals surface area contributed by atoms with E-state index in [4.69, 9.17) is 0 Å². The van der Waals surface area contributed by atoms with Crippen LogP contribution in [0.15, 0.2) is 53.0 Å². The molecule has 1 amide bonds. The average Bonchev–Trinajstić information content (AvgIpc) is 2.44. The molecular formula is C16H16BrNO2. The molecular weight excluding hydrogens is 318 g/mol. The van der Waals surface area contributed by atoms with Gasteiger partial charge in [0.15, 0.2) is 0 Å². The molecule has 0 aromatic heterocycles. The van der Waals surface area contributed by atoms with Crippen LogP contribution in [0.2, 0.25) is 0 Å². The van der Waals surface area contributed by atoms with E-state index in [1.54, 1.807) is 6.07 Å². The van der Waals surface area contributed by atoms with Crippen molar-refractivity contribution >= 4 is 21.8 Å². The van der Waals surface area contributed by atoms with Crippen molar-refractivity contribution in [3.8, 4) is 0 Å². The predicted molar refractivity (Wildman–Crippen MR) is 82.6 cm³/mol. The lowest BCUT2D eigenvalue weighted by Gasteiger charge is -2.17. The molecule has 0 aliphatic heterocycles. The molecule has 0 radical (unpaired) electrons. The highest BCUT2D eigenvalue weighted by Crippen LogP contribution is 2.17. The largest absolute Gasteiger partial charge is 0.394 e. The number of rotatable bonds is 4. The quantitative estimate of drug-likeness (QED) is 0.902. The molecule has 0 saturated carbocycles. The predicted octanol–water partition coefficient (Wildman–Crippen LogP) is 3.22. The minimum atomic E-state index is -0.400. The van der Waals surface area contributed by atoms with E-state index in [0.717, 1.165) is 15.6 Å². The van der Waals surface area contributed by atoms with Crippen molar-refractivity contribution in [2.24, 2.45) is 0 Å². The van der Waals surface area contributed by atoms with E-state index in [1.165, 1.54) is 0 Å². The average molecular weight is 334 g/mol. The number of halogens is 1. The zero-order valence-electron chi connectivity index (χ0n) is 11.1. The van der Waals surface area contributed by atoms with Crippen molar-refractivity contribution in [2.75, 3.05) is 6.61 Å². The molecule has 1 atom stereocenters. The summed E-state index contributed by atoms with van der Waals surface area (Å²) in [5.74, 6) is -0.197. The van der Waals surface area contributed by atoms with Crippen LogP contribution in [0.4, 0.5) is 0 Å². The van der Waals surface area contributed by atoms with Gasteiger partial charge in [-0.05, 0) is 36.2 Å². The second-order valence-electron chi connectivity index (χ2n) is 4.64. The molecule has 0 bridgehead atoms. The SMILES string of the molecule is Cc1cc(Br)cc(C(=O)N[C@H](CO)c2ccccc2)c1. The van der Waals surface area contributed by atoms with Crippen molar-refractivity contribution in [1.29, 1.82) is 0 Å². The highest BCUT2D eigenvalue weighted by Gasteiger charge is 2.15. The first kappa shape index (κ1) is 14.8. The highest BCUT2D eigenvalue weighted by molar-refractivity contribution is 9.10. The Hall–Kier alpha value is -1.65. The fourth-order valence-corrected chi connectivity index (χ4v) is 2.64. The van der Waals surface area contributed by atoms with Crippen LogP contribution in [0.1, 0.15) is 27.5 Å². The number of aliphatic hydroxyl groups is 1. The van der Waals surface area contributed by atoms with E-state index in [2.05, 4.69) is 21.2 Å². The summed E-state index contributed by atoms with van der Waals surface area (Å²) in [6.07, 6.45) is 0. The second-order valence-corrected chi connectivity index (χ2v) is 5.55. The summed E-state index contributed by atoms with van der Waals surface area (Å²) < 4.78 is 0.864. The van der Waals surface area contributed by atoms with Crippen LogP contribution in [0.25, 0.3) is 0 Å². The van der Waals surface area contributed by atoms with Gasteiger partial charge >= 0.3 is 0 Å². The molecule has 2 aromatic carbocycles. The number of benzene rings is 2. The van der Waals surface area contributed by atoms with Gasteiger partial charge in [-0.15, -0.1) is 0 Å². The first-order valence-electron chi connectivity index (χ1n) is 6.34. The van der Waals surface area contributed by atoms with Crippen LogP contribution in [0, 0.1) is 6.92 Å². The maximum atomic E-state index is 12.2. The number of amides is 1. The Bertz CT molecular complexity index is 578. The molecule has 0 aliphatic rings. The van der Waals surface area contributed by atoms with Gasteiger partial charge < -0.3 is 10.4 Å². The molecule has 0 heterocycles. The Labute approximate surface area is 126 Å². The van der Waals surface area contributed by atoms with Crippen LogP contribution in [-0.2, 0) is 0 Å². The Balaban J connectivity index is 2.17. The summed E-state index contributed by atoms with van der Waals surface area (Å²) in [5, 5.41) is 12.3. The normalized spacial score (nSPS) is 11.9. The molecule has 2 rings (SSSR count). The Morgan fingerprint density at radius 1 is 1.25 bits per heavy atom. The third kappa shape index (κ3) is 3.68. The summed E-state index contributed by atoms with van der Waals surface area (Å²) >= 11 is 3.38. The molecule has 0 saturated heterocycles. The summed E-state index contributed by atoms with van der Waals surface area (Å²) in [6.45, 7) is 1.80. The second kappa shape index (κ2) is 6.68. The smallest absolute Gasteiger partial charge is 0.251 e. The lowest BCUT2D eigenvalue weighted by Crippen LogP contribution is -2.30. The number of hydrogen-bond donors (Lipinski definition) is 2. The summed E-state index contributed by atoms with van der Waals surface area (Å²) in [6, 6.07) is 14.6. The lowest BCUT2D eigenvalue weighted by atomic mass is 10.1. The van der Waals surface area contributed by atoms with Gasteiger partial charge in [-0.25, -0.2) is 0 Å². The van der Waals surface area contributed by atoms with Gasteiger partial charge in [0.25, 0.3) is 5.91 Å². The van der Waals surface area contributed by atoms with E-state index in [-0.39, 0.29) is 12.5 Å². The van der Waals surface area contributed by atoms with E-state index in [0.29, 0.717) is 5.56 Å². The van der Waals surface area contributed by atoms with E-state index in [9.17, 15) is 9.90 Å². The van der Waals surface area contributed by atoms with Crippen molar-refractivity contribution in [3.05, 3.63) is 69.7 Å². The summed E-state index contributed by atoms with van der Waals surface area (Å²) in [5.41, 5.74) is 2.46. The van der Waals surface area contributed by atoms with Crippen molar-refractivity contribution < 1.29 is 9.90 Å².